The largest absolute Gasteiger partial charge is 0.379 e. The van der Waals surface area contributed by atoms with Crippen molar-refractivity contribution in [2.75, 3.05) is 36.4 Å². The Morgan fingerprint density at radius 2 is 1.81 bits per heavy atom. The summed E-state index contributed by atoms with van der Waals surface area (Å²) in [4.78, 5) is 28.6. The molecule has 4 rings (SSSR count). The van der Waals surface area contributed by atoms with Crippen LogP contribution in [0.5, 0.6) is 0 Å². The molecule has 0 amide bonds. The molecule has 3 heterocycles. The van der Waals surface area contributed by atoms with Crippen molar-refractivity contribution < 1.29 is 5.11 Å². The van der Waals surface area contributed by atoms with Crippen molar-refractivity contribution in [1.29, 1.82) is 0 Å². The Kier molecular flexibility index (Phi) is 6.24. The summed E-state index contributed by atoms with van der Waals surface area (Å²) in [6.07, 6.45) is 2.99. The molecule has 1 aromatic carbocycles. The van der Waals surface area contributed by atoms with Gasteiger partial charge in [0.1, 0.15) is 11.7 Å². The summed E-state index contributed by atoms with van der Waals surface area (Å²) < 4.78 is 1.73. The molecule has 1 fully saturated rings. The van der Waals surface area contributed by atoms with E-state index in [1.54, 1.807) is 10.8 Å². The van der Waals surface area contributed by atoms with E-state index < -0.39 is 6.23 Å². The molecule has 1 unspecified atom stereocenters. The number of piperazine rings is 1. The van der Waals surface area contributed by atoms with Crippen molar-refractivity contribution in [2.45, 2.75) is 45.9 Å². The first-order chi connectivity index (χ1) is 15.0. The molecule has 166 valence electrons. The minimum absolute atomic E-state index is 0.109. The second kappa shape index (κ2) is 9.07. The highest BCUT2D eigenvalue weighted by atomic mass is 16.3. The van der Waals surface area contributed by atoms with Crippen LogP contribution in [0, 0.1) is 0 Å². The van der Waals surface area contributed by atoms with Gasteiger partial charge in [0, 0.05) is 43.6 Å². The van der Waals surface area contributed by atoms with E-state index in [1.807, 2.05) is 19.1 Å². The van der Waals surface area contributed by atoms with E-state index in [-0.39, 0.29) is 11.7 Å². The smallest absolute Gasteiger partial charge is 0.327 e. The lowest BCUT2D eigenvalue weighted by atomic mass is 10.2. The zero-order chi connectivity index (χ0) is 22.0. The Balaban J connectivity index is 1.49. The first-order valence-corrected chi connectivity index (χ1v) is 11.0. The predicted molar refractivity (Wildman–Crippen MR) is 123 cm³/mol. The van der Waals surface area contributed by atoms with E-state index in [9.17, 15) is 9.90 Å². The minimum atomic E-state index is -0.396. The fraction of sp³-hybridized carbons (Fsp3) is 0.500. The van der Waals surface area contributed by atoms with Gasteiger partial charge >= 0.3 is 5.69 Å². The monoisotopic (exact) mass is 425 g/mol. The first kappa shape index (κ1) is 21.3. The van der Waals surface area contributed by atoms with Gasteiger partial charge < -0.3 is 20.3 Å². The van der Waals surface area contributed by atoms with Gasteiger partial charge in [-0.05, 0) is 44.0 Å². The summed E-state index contributed by atoms with van der Waals surface area (Å²) >= 11 is 0. The molecule has 0 radical (unpaired) electrons. The normalized spacial score (nSPS) is 16.2. The first-order valence-electron chi connectivity index (χ1n) is 11.0. The number of fused-ring (bicyclic) bond motifs is 1. The van der Waals surface area contributed by atoms with E-state index in [4.69, 9.17) is 0 Å². The number of aliphatic hydroxyl groups excluding tert-OH is 1. The quantitative estimate of drug-likeness (QED) is 0.535. The molecule has 0 aliphatic carbocycles. The van der Waals surface area contributed by atoms with Gasteiger partial charge in [0.15, 0.2) is 5.65 Å². The third-order valence-electron chi connectivity index (χ3n) is 6.10. The number of aromatic nitrogens is 4. The number of anilines is 3. The molecule has 2 aromatic heterocycles. The molecular formula is C22H31N7O2. The van der Waals surface area contributed by atoms with Crippen LogP contribution in [-0.4, -0.2) is 61.9 Å². The molecule has 9 heteroatoms. The molecule has 3 N–H and O–H groups in total. The van der Waals surface area contributed by atoms with Gasteiger partial charge in [0.2, 0.25) is 5.95 Å². The second-order valence-corrected chi connectivity index (χ2v) is 8.03. The van der Waals surface area contributed by atoms with Gasteiger partial charge in [-0.15, -0.1) is 0 Å². The average molecular weight is 426 g/mol. The standard InChI is InChI=1S/C22H31N7O2/c1-4-17(5-2)29-20-19(25-22(29)31)14-23-21(26-20)24-16-6-8-18(9-7-16)28-12-10-27(11-13-28)15(3)30/h6-9,14-15,17,30H,4-5,10-13H2,1-3H3,(H,25,31)(H,23,24,26). The third-order valence-corrected chi connectivity index (χ3v) is 6.10. The molecule has 3 aromatic rings. The van der Waals surface area contributed by atoms with Crippen molar-refractivity contribution >= 4 is 28.5 Å². The highest BCUT2D eigenvalue weighted by Gasteiger charge is 2.20. The van der Waals surface area contributed by atoms with Gasteiger partial charge in [-0.1, -0.05) is 13.8 Å². The zero-order valence-electron chi connectivity index (χ0n) is 18.4. The van der Waals surface area contributed by atoms with E-state index >= 15 is 0 Å². The highest BCUT2D eigenvalue weighted by Crippen LogP contribution is 2.23. The number of hydrogen-bond acceptors (Lipinski definition) is 7. The number of hydrogen-bond donors (Lipinski definition) is 3. The van der Waals surface area contributed by atoms with Crippen LogP contribution >= 0.6 is 0 Å². The van der Waals surface area contributed by atoms with E-state index in [0.717, 1.165) is 50.4 Å². The lowest BCUT2D eigenvalue weighted by Crippen LogP contribution is -2.49. The summed E-state index contributed by atoms with van der Waals surface area (Å²) in [5.74, 6) is 0.463. The summed E-state index contributed by atoms with van der Waals surface area (Å²) in [5, 5.41) is 13.0. The number of benzene rings is 1. The van der Waals surface area contributed by atoms with E-state index in [1.165, 1.54) is 0 Å². The molecule has 1 saturated heterocycles. The van der Waals surface area contributed by atoms with Crippen LogP contribution in [0.25, 0.3) is 11.2 Å². The summed E-state index contributed by atoms with van der Waals surface area (Å²) in [6.45, 7) is 9.43. The number of aromatic amines is 1. The molecule has 1 atom stereocenters. The van der Waals surface area contributed by atoms with Crippen molar-refractivity contribution in [1.82, 2.24) is 24.4 Å². The van der Waals surface area contributed by atoms with E-state index in [2.05, 4.69) is 56.0 Å². The van der Waals surface area contributed by atoms with Gasteiger partial charge in [-0.25, -0.2) is 9.78 Å². The van der Waals surface area contributed by atoms with Gasteiger partial charge in [0.25, 0.3) is 0 Å². The molecular weight excluding hydrogens is 394 g/mol. The Morgan fingerprint density at radius 1 is 1.13 bits per heavy atom. The van der Waals surface area contributed by atoms with Crippen LogP contribution in [0.3, 0.4) is 0 Å². The van der Waals surface area contributed by atoms with Crippen LogP contribution in [0.15, 0.2) is 35.3 Å². The predicted octanol–water partition coefficient (Wildman–Crippen LogP) is 2.68. The number of aliphatic hydroxyl groups is 1. The molecule has 0 spiro atoms. The Labute approximate surface area is 181 Å². The zero-order valence-corrected chi connectivity index (χ0v) is 18.4. The van der Waals surface area contributed by atoms with E-state index in [0.29, 0.717) is 17.1 Å². The Morgan fingerprint density at radius 3 is 2.42 bits per heavy atom. The van der Waals surface area contributed by atoms with Crippen molar-refractivity contribution in [2.24, 2.45) is 0 Å². The Hall–Kier alpha value is -2.91. The SMILES string of the molecule is CCC(CC)n1c(=O)[nH]c2cnc(Nc3ccc(N4CCN(C(C)O)CC4)cc3)nc21. The van der Waals surface area contributed by atoms with Crippen molar-refractivity contribution in [3.05, 3.63) is 40.9 Å². The average Bonchev–Trinajstić information content (AvgIpc) is 3.11. The molecule has 1 aliphatic rings. The van der Waals surface area contributed by atoms with Crippen LogP contribution in [0.2, 0.25) is 0 Å². The van der Waals surface area contributed by atoms with Gasteiger partial charge in [-0.3, -0.25) is 9.47 Å². The molecule has 0 saturated carbocycles. The fourth-order valence-corrected chi connectivity index (χ4v) is 4.21. The Bertz CT molecular complexity index is 1060. The number of nitrogens with one attached hydrogen (secondary N) is 2. The fourth-order valence-electron chi connectivity index (χ4n) is 4.21. The third kappa shape index (κ3) is 4.42. The number of nitrogens with zero attached hydrogens (tertiary/aromatic N) is 5. The van der Waals surface area contributed by atoms with Crippen molar-refractivity contribution in [3.63, 3.8) is 0 Å². The van der Waals surface area contributed by atoms with Gasteiger partial charge in [-0.2, -0.15) is 4.98 Å². The lowest BCUT2D eigenvalue weighted by Gasteiger charge is -2.37. The van der Waals surface area contributed by atoms with Crippen LogP contribution < -0.4 is 15.9 Å². The van der Waals surface area contributed by atoms with Crippen LogP contribution in [0.4, 0.5) is 17.3 Å². The number of rotatable bonds is 7. The maximum absolute atomic E-state index is 12.4. The van der Waals surface area contributed by atoms with Crippen LogP contribution in [-0.2, 0) is 0 Å². The molecule has 31 heavy (non-hydrogen) atoms. The summed E-state index contributed by atoms with van der Waals surface area (Å²) in [7, 11) is 0. The maximum Gasteiger partial charge on any atom is 0.327 e. The summed E-state index contributed by atoms with van der Waals surface area (Å²) in [5.41, 5.74) is 3.17. The van der Waals surface area contributed by atoms with Crippen molar-refractivity contribution in [3.8, 4) is 0 Å². The molecule has 0 bridgehead atoms. The number of H-pyrrole nitrogens is 1. The summed E-state index contributed by atoms with van der Waals surface area (Å²) in [6, 6.07) is 8.28. The van der Waals surface area contributed by atoms with Gasteiger partial charge in [0.05, 0.1) is 6.20 Å². The molecule has 9 nitrogen and oxygen atoms in total. The topological polar surface area (TPSA) is 102 Å². The number of imidazole rings is 1. The molecule has 1 aliphatic heterocycles. The maximum atomic E-state index is 12.4. The lowest BCUT2D eigenvalue weighted by molar-refractivity contribution is 0.0153. The second-order valence-electron chi connectivity index (χ2n) is 8.03. The van der Waals surface area contributed by atoms with Crippen LogP contribution in [0.1, 0.15) is 39.7 Å². The minimum Gasteiger partial charge on any atom is -0.379 e. The highest BCUT2D eigenvalue weighted by molar-refractivity contribution is 5.72.